The van der Waals surface area contributed by atoms with E-state index in [1.807, 2.05) is 13.0 Å². The molecular formula is C22H25N3O4. The molecule has 7 rings (SSSR count). The van der Waals surface area contributed by atoms with Crippen molar-refractivity contribution in [3.8, 4) is 11.5 Å². The van der Waals surface area contributed by atoms with Crippen LogP contribution >= 0.6 is 0 Å². The topological polar surface area (TPSA) is 68.0 Å². The number of hydrogen-bond donors (Lipinski definition) is 0. The Bertz CT molecular complexity index is 949. The van der Waals surface area contributed by atoms with Crippen molar-refractivity contribution in [2.75, 3.05) is 26.4 Å². The number of aryl methyl sites for hydroxylation is 1. The molecule has 5 aliphatic rings. The average molecular weight is 395 g/mol. The van der Waals surface area contributed by atoms with Crippen LogP contribution < -0.4 is 9.47 Å². The van der Waals surface area contributed by atoms with Gasteiger partial charge >= 0.3 is 0 Å². The summed E-state index contributed by atoms with van der Waals surface area (Å²) >= 11 is 0. The van der Waals surface area contributed by atoms with Gasteiger partial charge < -0.3 is 18.8 Å². The summed E-state index contributed by atoms with van der Waals surface area (Å²) in [6.07, 6.45) is 4.39. The Labute approximate surface area is 169 Å². The molecule has 0 aliphatic carbocycles. The second-order valence-corrected chi connectivity index (χ2v) is 8.51. The first kappa shape index (κ1) is 17.3. The smallest absolute Gasteiger partial charge is 0.276 e. The first-order valence-corrected chi connectivity index (χ1v) is 10.6. The summed E-state index contributed by atoms with van der Waals surface area (Å²) in [6.45, 7) is 5.23. The van der Waals surface area contributed by atoms with E-state index in [0.717, 1.165) is 37.4 Å². The Kier molecular flexibility index (Phi) is 3.88. The van der Waals surface area contributed by atoms with E-state index in [2.05, 4.69) is 26.9 Å². The Morgan fingerprint density at radius 3 is 2.83 bits per heavy atom. The lowest BCUT2D eigenvalue weighted by Gasteiger charge is -2.51. The minimum atomic E-state index is 0.0163. The van der Waals surface area contributed by atoms with Crippen LogP contribution in [0.25, 0.3) is 0 Å². The molecule has 0 saturated carbocycles. The van der Waals surface area contributed by atoms with Gasteiger partial charge in [0, 0.05) is 24.9 Å². The summed E-state index contributed by atoms with van der Waals surface area (Å²) in [4.78, 5) is 22.5. The van der Waals surface area contributed by atoms with E-state index >= 15 is 0 Å². The fourth-order valence-corrected chi connectivity index (χ4v) is 5.92. The molecule has 1 aromatic heterocycles. The van der Waals surface area contributed by atoms with Gasteiger partial charge in [0.1, 0.15) is 5.76 Å². The molecule has 0 N–H and O–H groups in total. The number of ether oxygens (including phenoxy) is 2. The second-order valence-electron chi connectivity index (χ2n) is 8.51. The highest BCUT2D eigenvalue weighted by molar-refractivity contribution is 5.94. The van der Waals surface area contributed by atoms with Gasteiger partial charge in [0.2, 0.25) is 6.79 Å². The van der Waals surface area contributed by atoms with E-state index in [1.165, 1.54) is 12.0 Å². The Balaban J connectivity index is 1.38. The molecule has 0 unspecified atom stereocenters. The fraction of sp³-hybridized carbons (Fsp3) is 0.545. The summed E-state index contributed by atoms with van der Waals surface area (Å²) in [5.74, 6) is 3.13. The summed E-state index contributed by atoms with van der Waals surface area (Å²) in [5.41, 5.74) is 1.71. The number of rotatable bonds is 3. The van der Waals surface area contributed by atoms with Crippen molar-refractivity contribution in [3.63, 3.8) is 0 Å². The van der Waals surface area contributed by atoms with E-state index in [9.17, 15) is 4.79 Å². The summed E-state index contributed by atoms with van der Waals surface area (Å²) < 4.78 is 16.6. The van der Waals surface area contributed by atoms with Gasteiger partial charge in [-0.05, 0) is 49.5 Å². The van der Waals surface area contributed by atoms with Crippen molar-refractivity contribution in [3.05, 3.63) is 41.6 Å². The molecule has 2 aromatic rings. The van der Waals surface area contributed by atoms with E-state index in [1.54, 1.807) is 0 Å². The third kappa shape index (κ3) is 2.53. The van der Waals surface area contributed by atoms with Crippen LogP contribution in [0.1, 0.15) is 47.5 Å². The van der Waals surface area contributed by atoms with Crippen molar-refractivity contribution < 1.29 is 18.7 Å². The fourth-order valence-electron chi connectivity index (χ4n) is 5.92. The minimum absolute atomic E-state index is 0.0163. The summed E-state index contributed by atoms with van der Waals surface area (Å²) in [6, 6.07) is 6.83. The lowest BCUT2D eigenvalue weighted by atomic mass is 9.75. The molecule has 4 saturated heterocycles. The van der Waals surface area contributed by atoms with Crippen molar-refractivity contribution >= 4 is 5.91 Å². The number of carbonyl (C=O) groups excluding carboxylic acids is 1. The third-order valence-electron chi connectivity index (χ3n) is 7.24. The van der Waals surface area contributed by atoms with Gasteiger partial charge in [0.15, 0.2) is 23.6 Å². The summed E-state index contributed by atoms with van der Waals surface area (Å²) in [5, 5.41) is 0. The Morgan fingerprint density at radius 2 is 2.00 bits per heavy atom. The van der Waals surface area contributed by atoms with Crippen LogP contribution in [0.3, 0.4) is 0 Å². The standard InChI is InChI=1S/C22H25N3O4/c1-2-16-19(23-11-27-16)22(26)25-10-15(14-3-4-17-18(9-14)29-12-28-17)21-20(25)13-5-7-24(21)8-6-13/h3-4,9,11,13,15,20-21H,2,5-8,10,12H2,1H3/t15-,20+,21+/m0/s1. The van der Waals surface area contributed by atoms with Crippen LogP contribution in [0.2, 0.25) is 0 Å². The van der Waals surface area contributed by atoms with Gasteiger partial charge in [0.05, 0.1) is 6.04 Å². The van der Waals surface area contributed by atoms with Gasteiger partial charge in [0.25, 0.3) is 5.91 Å². The van der Waals surface area contributed by atoms with Crippen LogP contribution in [0.4, 0.5) is 0 Å². The first-order valence-electron chi connectivity index (χ1n) is 10.6. The van der Waals surface area contributed by atoms with Gasteiger partial charge in [-0.3, -0.25) is 9.69 Å². The van der Waals surface area contributed by atoms with Gasteiger partial charge in [-0.25, -0.2) is 4.98 Å². The SMILES string of the molecule is CCc1ocnc1C(=O)N1C[C@@H](c2ccc3c(c2)OCO3)[C@@H]2[C@H]1C1CCN2CC1. The molecule has 2 bridgehead atoms. The molecule has 29 heavy (non-hydrogen) atoms. The number of oxazole rings is 1. The molecule has 0 spiro atoms. The molecule has 3 atom stereocenters. The van der Waals surface area contributed by atoms with Gasteiger partial charge in [-0.1, -0.05) is 13.0 Å². The molecule has 0 radical (unpaired) electrons. The normalized spacial score (nSPS) is 31.9. The zero-order valence-corrected chi connectivity index (χ0v) is 16.5. The molecule has 1 amide bonds. The number of fused-ring (bicyclic) bond motifs is 3. The van der Waals surface area contributed by atoms with Crippen molar-refractivity contribution in [1.82, 2.24) is 14.8 Å². The van der Waals surface area contributed by atoms with E-state index in [0.29, 0.717) is 36.4 Å². The van der Waals surface area contributed by atoms with Crippen LogP contribution in [0.5, 0.6) is 11.5 Å². The monoisotopic (exact) mass is 395 g/mol. The maximum atomic E-state index is 13.5. The molecule has 5 aliphatic heterocycles. The number of hydrogen-bond acceptors (Lipinski definition) is 6. The molecular weight excluding hydrogens is 370 g/mol. The third-order valence-corrected chi connectivity index (χ3v) is 7.24. The molecule has 7 nitrogen and oxygen atoms in total. The predicted molar refractivity (Wildman–Crippen MR) is 104 cm³/mol. The second kappa shape index (κ2) is 6.49. The van der Waals surface area contributed by atoms with Crippen molar-refractivity contribution in [2.45, 2.75) is 44.2 Å². The Morgan fingerprint density at radius 1 is 1.17 bits per heavy atom. The largest absolute Gasteiger partial charge is 0.454 e. The van der Waals surface area contributed by atoms with Crippen LogP contribution in [-0.4, -0.2) is 59.2 Å². The molecule has 1 aromatic carbocycles. The lowest BCUT2D eigenvalue weighted by molar-refractivity contribution is -0.00363. The highest BCUT2D eigenvalue weighted by atomic mass is 16.7. The van der Waals surface area contributed by atoms with E-state index in [4.69, 9.17) is 13.9 Å². The molecule has 6 heterocycles. The van der Waals surface area contributed by atoms with Crippen LogP contribution in [0, 0.1) is 5.92 Å². The maximum Gasteiger partial charge on any atom is 0.276 e. The first-order chi connectivity index (χ1) is 14.2. The number of carbonyl (C=O) groups is 1. The number of nitrogens with zero attached hydrogens (tertiary/aromatic N) is 3. The number of benzene rings is 1. The quantitative estimate of drug-likeness (QED) is 0.796. The van der Waals surface area contributed by atoms with E-state index < -0.39 is 0 Å². The average Bonchev–Trinajstić information content (AvgIpc) is 3.51. The molecule has 4 fully saturated rings. The van der Waals surface area contributed by atoms with E-state index in [-0.39, 0.29) is 24.7 Å². The highest BCUT2D eigenvalue weighted by Gasteiger charge is 2.55. The molecule has 152 valence electrons. The minimum Gasteiger partial charge on any atom is -0.454 e. The van der Waals surface area contributed by atoms with Crippen LogP contribution in [0.15, 0.2) is 29.0 Å². The van der Waals surface area contributed by atoms with Crippen molar-refractivity contribution in [2.24, 2.45) is 5.92 Å². The Hall–Kier alpha value is -2.54. The van der Waals surface area contributed by atoms with Crippen molar-refractivity contribution in [1.29, 1.82) is 0 Å². The lowest BCUT2D eigenvalue weighted by Crippen LogP contribution is -2.60. The van der Waals surface area contributed by atoms with Crippen LogP contribution in [-0.2, 0) is 6.42 Å². The number of piperidine rings is 3. The zero-order valence-electron chi connectivity index (χ0n) is 16.5. The van der Waals surface area contributed by atoms with Gasteiger partial charge in [-0.2, -0.15) is 0 Å². The number of amides is 1. The maximum absolute atomic E-state index is 13.5. The predicted octanol–water partition coefficient (Wildman–Crippen LogP) is 2.67. The summed E-state index contributed by atoms with van der Waals surface area (Å²) in [7, 11) is 0. The molecule has 7 heteroatoms. The number of aromatic nitrogens is 1. The number of likely N-dealkylation sites (tertiary alicyclic amines) is 1. The van der Waals surface area contributed by atoms with Gasteiger partial charge in [-0.15, -0.1) is 0 Å². The zero-order chi connectivity index (χ0) is 19.5. The highest BCUT2D eigenvalue weighted by Crippen LogP contribution is 2.48.